The van der Waals surface area contributed by atoms with E-state index < -0.39 is 10.0 Å². The quantitative estimate of drug-likeness (QED) is 0.377. The second kappa shape index (κ2) is 8.88. The highest BCUT2D eigenvalue weighted by Gasteiger charge is 2.07. The number of aromatic nitrogens is 3. The molecule has 25 heavy (non-hydrogen) atoms. The van der Waals surface area contributed by atoms with E-state index in [2.05, 4.69) is 20.3 Å². The zero-order chi connectivity index (χ0) is 18.3. The van der Waals surface area contributed by atoms with E-state index in [-0.39, 0.29) is 5.75 Å². The number of hydrogen-bond acceptors (Lipinski definition) is 8. The van der Waals surface area contributed by atoms with Gasteiger partial charge in [-0.25, -0.2) is 23.5 Å². The minimum atomic E-state index is -3.43. The van der Waals surface area contributed by atoms with Crippen molar-refractivity contribution in [3.63, 3.8) is 0 Å². The van der Waals surface area contributed by atoms with Crippen LogP contribution in [0.3, 0.4) is 0 Å². The number of anilines is 1. The summed E-state index contributed by atoms with van der Waals surface area (Å²) < 4.78 is 21.8. The number of hydrogen-bond donors (Lipinski definition) is 2. The Kier molecular flexibility index (Phi) is 6.85. The highest BCUT2D eigenvalue weighted by atomic mass is 32.2. The first-order valence-corrected chi connectivity index (χ1v) is 10.4. The molecule has 0 aliphatic carbocycles. The third-order valence-electron chi connectivity index (χ3n) is 3.31. The summed E-state index contributed by atoms with van der Waals surface area (Å²) in [4.78, 5) is 23.7. The second-order valence-corrected chi connectivity index (χ2v) is 7.77. The summed E-state index contributed by atoms with van der Waals surface area (Å²) in [6.07, 6.45) is 6.74. The van der Waals surface area contributed by atoms with Crippen LogP contribution in [0.5, 0.6) is 0 Å². The summed E-state index contributed by atoms with van der Waals surface area (Å²) in [5.41, 5.74) is 2.11. The third kappa shape index (κ3) is 6.40. The minimum absolute atomic E-state index is 0.0576. The maximum Gasteiger partial charge on any atom is 0.209 e. The number of primary sulfonamides is 1. The van der Waals surface area contributed by atoms with E-state index in [1.54, 1.807) is 6.20 Å². The van der Waals surface area contributed by atoms with E-state index in [9.17, 15) is 13.2 Å². The molecule has 0 aliphatic rings. The zero-order valence-corrected chi connectivity index (χ0v) is 15.3. The molecule has 8 nitrogen and oxygen atoms in total. The van der Waals surface area contributed by atoms with Gasteiger partial charge in [-0.2, -0.15) is 0 Å². The number of thioether (sulfide) groups is 1. The normalized spacial score (nSPS) is 11.3. The number of aldehydes is 1. The Morgan fingerprint density at radius 2 is 2.08 bits per heavy atom. The van der Waals surface area contributed by atoms with Crippen molar-refractivity contribution in [2.45, 2.75) is 24.5 Å². The van der Waals surface area contributed by atoms with Crippen LogP contribution in [0.25, 0.3) is 0 Å². The van der Waals surface area contributed by atoms with Crippen molar-refractivity contribution in [3.05, 3.63) is 41.3 Å². The van der Waals surface area contributed by atoms with Gasteiger partial charge < -0.3 is 5.32 Å². The lowest BCUT2D eigenvalue weighted by molar-refractivity contribution is 0.112. The van der Waals surface area contributed by atoms with Crippen LogP contribution in [-0.4, -0.2) is 41.7 Å². The van der Waals surface area contributed by atoms with Crippen LogP contribution >= 0.6 is 11.8 Å². The Bertz CT molecular complexity index is 826. The first-order valence-electron chi connectivity index (χ1n) is 7.45. The van der Waals surface area contributed by atoms with Crippen LogP contribution in [0.1, 0.15) is 28.0 Å². The van der Waals surface area contributed by atoms with E-state index in [1.807, 2.05) is 18.4 Å². The molecule has 0 saturated heterocycles. The van der Waals surface area contributed by atoms with Crippen molar-refractivity contribution in [2.75, 3.05) is 17.3 Å². The number of nitrogens with zero attached hydrogens (tertiary/aromatic N) is 3. The number of nitrogens with one attached hydrogen (secondary N) is 1. The summed E-state index contributed by atoms with van der Waals surface area (Å²) in [7, 11) is -3.43. The number of rotatable bonds is 9. The summed E-state index contributed by atoms with van der Waals surface area (Å²) in [5.74, 6) is 0.421. The van der Waals surface area contributed by atoms with Gasteiger partial charge in [-0.15, -0.1) is 0 Å². The SMILES string of the molecule is CSc1ncc(C=O)c(NCc2ccc(CCCS(N)(=O)=O)nc2)n1. The molecule has 3 N–H and O–H groups in total. The molecular formula is C15H19N5O3S2. The van der Waals surface area contributed by atoms with Gasteiger partial charge in [0.1, 0.15) is 5.82 Å². The van der Waals surface area contributed by atoms with E-state index in [0.717, 1.165) is 11.3 Å². The fourth-order valence-corrected chi connectivity index (χ4v) is 2.94. The van der Waals surface area contributed by atoms with E-state index in [0.29, 0.717) is 42.2 Å². The van der Waals surface area contributed by atoms with Gasteiger partial charge in [0.15, 0.2) is 11.4 Å². The standard InChI is InChI=1S/C15H19N5O3S2/c1-24-15-19-9-12(10-21)14(20-15)18-8-11-4-5-13(17-7-11)3-2-6-25(16,22)23/h4-5,7,9-10H,2-3,6,8H2,1H3,(H2,16,22,23)(H,18,19,20). The first kappa shape index (κ1) is 19.3. The number of pyridine rings is 1. The average molecular weight is 381 g/mol. The molecular weight excluding hydrogens is 362 g/mol. The van der Waals surface area contributed by atoms with Crippen LogP contribution in [0.2, 0.25) is 0 Å². The average Bonchev–Trinajstić information content (AvgIpc) is 2.59. The van der Waals surface area contributed by atoms with Crippen LogP contribution in [-0.2, 0) is 23.0 Å². The van der Waals surface area contributed by atoms with Gasteiger partial charge in [0.2, 0.25) is 10.0 Å². The Hall–Kier alpha value is -2.04. The van der Waals surface area contributed by atoms with E-state index >= 15 is 0 Å². The Morgan fingerprint density at radius 1 is 1.28 bits per heavy atom. The molecule has 2 heterocycles. The predicted molar refractivity (Wildman–Crippen MR) is 97.1 cm³/mol. The smallest absolute Gasteiger partial charge is 0.209 e. The van der Waals surface area contributed by atoms with Crippen LogP contribution in [0.15, 0.2) is 29.7 Å². The monoisotopic (exact) mass is 381 g/mol. The van der Waals surface area contributed by atoms with Gasteiger partial charge in [0, 0.05) is 24.6 Å². The molecule has 2 aromatic heterocycles. The van der Waals surface area contributed by atoms with Gasteiger partial charge in [0.05, 0.1) is 11.3 Å². The van der Waals surface area contributed by atoms with Crippen molar-refractivity contribution in [1.82, 2.24) is 15.0 Å². The molecule has 0 fully saturated rings. The number of sulfonamides is 1. The van der Waals surface area contributed by atoms with Gasteiger partial charge in [-0.05, 0) is 30.7 Å². The largest absolute Gasteiger partial charge is 0.365 e. The molecule has 0 saturated carbocycles. The summed E-state index contributed by atoms with van der Waals surface area (Å²) in [5, 5.41) is 8.66. The van der Waals surface area contributed by atoms with E-state index in [1.165, 1.54) is 18.0 Å². The minimum Gasteiger partial charge on any atom is -0.365 e. The lowest BCUT2D eigenvalue weighted by atomic mass is 10.2. The highest BCUT2D eigenvalue weighted by Crippen LogP contribution is 2.16. The topological polar surface area (TPSA) is 128 Å². The van der Waals surface area contributed by atoms with Crippen molar-refractivity contribution in [1.29, 1.82) is 0 Å². The lowest BCUT2D eigenvalue weighted by Gasteiger charge is -2.09. The summed E-state index contributed by atoms with van der Waals surface area (Å²) in [6.45, 7) is 0.454. The fraction of sp³-hybridized carbons (Fsp3) is 0.333. The Labute approximate surface area is 150 Å². The van der Waals surface area contributed by atoms with Crippen LogP contribution < -0.4 is 10.5 Å². The van der Waals surface area contributed by atoms with Gasteiger partial charge in [-0.3, -0.25) is 9.78 Å². The molecule has 2 rings (SSSR count). The lowest BCUT2D eigenvalue weighted by Crippen LogP contribution is -2.16. The molecule has 0 radical (unpaired) electrons. The molecule has 134 valence electrons. The van der Waals surface area contributed by atoms with Gasteiger partial charge in [-0.1, -0.05) is 17.8 Å². The third-order valence-corrected chi connectivity index (χ3v) is 4.73. The van der Waals surface area contributed by atoms with Crippen molar-refractivity contribution in [2.24, 2.45) is 5.14 Å². The molecule has 0 spiro atoms. The number of aryl methyl sites for hydroxylation is 1. The summed E-state index contributed by atoms with van der Waals surface area (Å²) >= 11 is 1.39. The number of nitrogens with two attached hydrogens (primary N) is 1. The van der Waals surface area contributed by atoms with Crippen molar-refractivity contribution >= 4 is 33.9 Å². The molecule has 0 atom stereocenters. The fourth-order valence-electron chi connectivity index (χ4n) is 2.05. The molecule has 0 amide bonds. The van der Waals surface area contributed by atoms with Crippen molar-refractivity contribution in [3.8, 4) is 0 Å². The predicted octanol–water partition coefficient (Wildman–Crippen LogP) is 1.24. The zero-order valence-electron chi connectivity index (χ0n) is 13.7. The van der Waals surface area contributed by atoms with Gasteiger partial charge in [0.25, 0.3) is 0 Å². The maximum atomic E-state index is 11.1. The van der Waals surface area contributed by atoms with Crippen LogP contribution in [0.4, 0.5) is 5.82 Å². The first-order chi connectivity index (χ1) is 11.9. The van der Waals surface area contributed by atoms with Crippen LogP contribution in [0, 0.1) is 0 Å². The van der Waals surface area contributed by atoms with Gasteiger partial charge >= 0.3 is 0 Å². The Balaban J connectivity index is 1.94. The second-order valence-electron chi connectivity index (χ2n) is 5.26. The number of carbonyl (C=O) groups excluding carboxylic acids is 1. The number of carbonyl (C=O) groups is 1. The molecule has 10 heteroatoms. The molecule has 0 aromatic carbocycles. The molecule has 2 aromatic rings. The highest BCUT2D eigenvalue weighted by molar-refractivity contribution is 7.98. The molecule has 0 aliphatic heterocycles. The summed E-state index contributed by atoms with van der Waals surface area (Å²) in [6, 6.07) is 3.73. The molecule has 0 unspecified atom stereocenters. The Morgan fingerprint density at radius 3 is 2.68 bits per heavy atom. The maximum absolute atomic E-state index is 11.1. The molecule has 0 bridgehead atoms. The van der Waals surface area contributed by atoms with Crippen molar-refractivity contribution < 1.29 is 13.2 Å². The van der Waals surface area contributed by atoms with E-state index in [4.69, 9.17) is 5.14 Å².